The van der Waals surface area contributed by atoms with Crippen molar-refractivity contribution in [2.75, 3.05) is 64.3 Å². The van der Waals surface area contributed by atoms with E-state index in [1.165, 1.54) is 0 Å². The number of urea groups is 1. The van der Waals surface area contributed by atoms with Crippen LogP contribution < -0.4 is 10.1 Å². The number of ether oxygens (including phenoxy) is 2. The van der Waals surface area contributed by atoms with Crippen molar-refractivity contribution in [1.29, 1.82) is 0 Å². The van der Waals surface area contributed by atoms with Crippen molar-refractivity contribution in [2.24, 2.45) is 0 Å². The first-order valence-electron chi connectivity index (χ1n) is 11.7. The third kappa shape index (κ3) is 7.09. The van der Waals surface area contributed by atoms with Gasteiger partial charge in [-0.25, -0.2) is 4.79 Å². The maximum atomic E-state index is 12.7. The summed E-state index contributed by atoms with van der Waals surface area (Å²) in [5.74, 6) is 0.703. The highest BCUT2D eigenvalue weighted by molar-refractivity contribution is 6.30. The highest BCUT2D eigenvalue weighted by Gasteiger charge is 2.27. The van der Waals surface area contributed by atoms with E-state index in [-0.39, 0.29) is 24.6 Å². The molecule has 3 amide bonds. The Morgan fingerprint density at radius 3 is 2.68 bits per heavy atom. The van der Waals surface area contributed by atoms with Crippen LogP contribution in [0, 0.1) is 0 Å². The molecule has 4 rings (SSSR count). The van der Waals surface area contributed by atoms with Gasteiger partial charge >= 0.3 is 6.03 Å². The molecular formula is C25H31ClN4O4. The van der Waals surface area contributed by atoms with E-state index in [4.69, 9.17) is 21.1 Å². The van der Waals surface area contributed by atoms with Crippen LogP contribution in [0.1, 0.15) is 6.42 Å². The van der Waals surface area contributed by atoms with Crippen LogP contribution in [0.2, 0.25) is 5.02 Å². The maximum absolute atomic E-state index is 12.7. The van der Waals surface area contributed by atoms with Crippen LogP contribution in [0.15, 0.2) is 54.6 Å². The highest BCUT2D eigenvalue weighted by atomic mass is 35.5. The Balaban J connectivity index is 1.22. The minimum absolute atomic E-state index is 0.00322. The molecule has 34 heavy (non-hydrogen) atoms. The Bertz CT molecular complexity index is 961. The van der Waals surface area contributed by atoms with Crippen LogP contribution in [-0.4, -0.2) is 91.8 Å². The Morgan fingerprint density at radius 1 is 1.00 bits per heavy atom. The molecule has 8 nitrogen and oxygen atoms in total. The number of hydrogen-bond donors (Lipinski definition) is 1. The zero-order valence-electron chi connectivity index (χ0n) is 19.2. The Hall–Kier alpha value is -2.81. The molecule has 0 aromatic heterocycles. The largest absolute Gasteiger partial charge is 0.484 e. The number of para-hydroxylation sites is 1. The van der Waals surface area contributed by atoms with Crippen molar-refractivity contribution < 1.29 is 19.1 Å². The Kier molecular flexibility index (Phi) is 8.62. The monoisotopic (exact) mass is 486 g/mol. The van der Waals surface area contributed by atoms with Gasteiger partial charge in [0.25, 0.3) is 5.91 Å². The normalized spacial score (nSPS) is 19.4. The molecule has 1 atom stereocenters. The number of halogens is 1. The molecule has 2 heterocycles. The molecule has 0 radical (unpaired) electrons. The third-order valence-electron chi connectivity index (χ3n) is 6.01. The molecular weight excluding hydrogens is 456 g/mol. The van der Waals surface area contributed by atoms with E-state index < -0.39 is 0 Å². The van der Waals surface area contributed by atoms with Crippen molar-refractivity contribution in [3.8, 4) is 5.75 Å². The fourth-order valence-corrected chi connectivity index (χ4v) is 4.42. The minimum atomic E-state index is -0.151. The number of anilines is 1. The molecule has 2 aromatic carbocycles. The number of nitrogens with one attached hydrogen (secondary N) is 1. The molecule has 0 spiro atoms. The van der Waals surface area contributed by atoms with Gasteiger partial charge in [0.2, 0.25) is 0 Å². The van der Waals surface area contributed by atoms with E-state index in [0.717, 1.165) is 26.1 Å². The zero-order valence-corrected chi connectivity index (χ0v) is 20.0. The summed E-state index contributed by atoms with van der Waals surface area (Å²) in [5, 5.41) is 3.49. The molecule has 182 valence electrons. The van der Waals surface area contributed by atoms with Crippen molar-refractivity contribution in [3.63, 3.8) is 0 Å². The molecule has 1 N–H and O–H groups in total. The number of amides is 3. The first-order valence-corrected chi connectivity index (χ1v) is 12.1. The van der Waals surface area contributed by atoms with Gasteiger partial charge in [-0.15, -0.1) is 0 Å². The quantitative estimate of drug-likeness (QED) is 0.678. The lowest BCUT2D eigenvalue weighted by atomic mass is 10.2. The standard InChI is InChI=1S/C25H31ClN4O4/c26-20-6-4-7-21(16-20)27-25(32)30-14-15-33-23(18-30)17-28-10-5-11-29(13-12-28)24(31)19-34-22-8-2-1-3-9-22/h1-4,6-9,16,23H,5,10-15,17-19H2,(H,27,32)/t23-/m0/s1. The fraction of sp³-hybridized carbons (Fsp3) is 0.440. The predicted octanol–water partition coefficient (Wildman–Crippen LogP) is 3.19. The lowest BCUT2D eigenvalue weighted by Gasteiger charge is -2.35. The topological polar surface area (TPSA) is 74.4 Å². The van der Waals surface area contributed by atoms with Gasteiger partial charge in [0.05, 0.1) is 12.7 Å². The molecule has 2 aromatic rings. The van der Waals surface area contributed by atoms with Gasteiger partial charge in [0.1, 0.15) is 5.75 Å². The van der Waals surface area contributed by atoms with Gasteiger partial charge in [-0.2, -0.15) is 0 Å². The second kappa shape index (κ2) is 12.1. The Labute approximate surface area is 205 Å². The summed E-state index contributed by atoms with van der Waals surface area (Å²) in [6.07, 6.45) is 0.825. The lowest BCUT2D eigenvalue weighted by molar-refractivity contribution is -0.133. The van der Waals surface area contributed by atoms with Crippen molar-refractivity contribution in [1.82, 2.24) is 14.7 Å². The average Bonchev–Trinajstić information content (AvgIpc) is 3.09. The summed E-state index contributed by atoms with van der Waals surface area (Å²) >= 11 is 6.01. The predicted molar refractivity (Wildman–Crippen MR) is 131 cm³/mol. The van der Waals surface area contributed by atoms with E-state index in [9.17, 15) is 9.59 Å². The molecule has 9 heteroatoms. The van der Waals surface area contributed by atoms with Gasteiger partial charge in [-0.3, -0.25) is 9.69 Å². The van der Waals surface area contributed by atoms with E-state index in [1.807, 2.05) is 41.3 Å². The van der Waals surface area contributed by atoms with E-state index in [1.54, 1.807) is 23.1 Å². The average molecular weight is 487 g/mol. The van der Waals surface area contributed by atoms with Gasteiger partial charge in [-0.05, 0) is 43.3 Å². The molecule has 0 unspecified atom stereocenters. The summed E-state index contributed by atoms with van der Waals surface area (Å²) in [5.41, 5.74) is 0.675. The molecule has 2 aliphatic rings. The van der Waals surface area contributed by atoms with Gasteiger partial charge in [-0.1, -0.05) is 35.9 Å². The number of nitrogens with zero attached hydrogens (tertiary/aromatic N) is 3. The number of carbonyl (C=O) groups is 2. The highest BCUT2D eigenvalue weighted by Crippen LogP contribution is 2.17. The molecule has 0 saturated carbocycles. The number of morpholine rings is 1. The maximum Gasteiger partial charge on any atom is 0.322 e. The van der Waals surface area contributed by atoms with Crippen molar-refractivity contribution >= 4 is 29.2 Å². The first kappa shape index (κ1) is 24.3. The molecule has 2 saturated heterocycles. The third-order valence-corrected chi connectivity index (χ3v) is 6.25. The van der Waals surface area contributed by atoms with Crippen molar-refractivity contribution in [2.45, 2.75) is 12.5 Å². The van der Waals surface area contributed by atoms with Crippen LogP contribution in [0.25, 0.3) is 0 Å². The van der Waals surface area contributed by atoms with Gasteiger partial charge < -0.3 is 24.6 Å². The molecule has 2 aliphatic heterocycles. The molecule has 0 bridgehead atoms. The second-order valence-electron chi connectivity index (χ2n) is 8.52. The van der Waals surface area contributed by atoms with Gasteiger partial charge in [0.15, 0.2) is 6.61 Å². The molecule has 2 fully saturated rings. The Morgan fingerprint density at radius 2 is 1.85 bits per heavy atom. The second-order valence-corrected chi connectivity index (χ2v) is 8.95. The smallest absolute Gasteiger partial charge is 0.322 e. The summed E-state index contributed by atoms with van der Waals surface area (Å²) in [7, 11) is 0. The van der Waals surface area contributed by atoms with E-state index in [2.05, 4.69) is 10.2 Å². The van der Waals surface area contributed by atoms with Gasteiger partial charge in [0, 0.05) is 50.0 Å². The fourth-order valence-electron chi connectivity index (χ4n) is 4.23. The van der Waals surface area contributed by atoms with Crippen LogP contribution in [0.4, 0.5) is 10.5 Å². The minimum Gasteiger partial charge on any atom is -0.484 e. The van der Waals surface area contributed by atoms with Crippen LogP contribution in [0.3, 0.4) is 0 Å². The first-order chi connectivity index (χ1) is 16.6. The van der Waals surface area contributed by atoms with Crippen LogP contribution >= 0.6 is 11.6 Å². The van der Waals surface area contributed by atoms with E-state index >= 15 is 0 Å². The number of hydrogen-bond acceptors (Lipinski definition) is 5. The SMILES string of the molecule is O=C(COc1ccccc1)N1CCCN(C[C@H]2CN(C(=O)Nc3cccc(Cl)c3)CCO2)CC1. The number of benzene rings is 2. The summed E-state index contributed by atoms with van der Waals surface area (Å²) < 4.78 is 11.6. The lowest BCUT2D eigenvalue weighted by Crippen LogP contribution is -2.51. The number of carbonyl (C=O) groups excluding carboxylic acids is 2. The van der Waals surface area contributed by atoms with Crippen LogP contribution in [0.5, 0.6) is 5.75 Å². The zero-order chi connectivity index (χ0) is 23.8. The molecule has 0 aliphatic carbocycles. The summed E-state index contributed by atoms with van der Waals surface area (Å²) in [6, 6.07) is 16.4. The summed E-state index contributed by atoms with van der Waals surface area (Å²) in [6.45, 7) is 5.38. The summed E-state index contributed by atoms with van der Waals surface area (Å²) in [4.78, 5) is 31.3. The van der Waals surface area contributed by atoms with Crippen molar-refractivity contribution in [3.05, 3.63) is 59.6 Å². The van der Waals surface area contributed by atoms with Crippen LogP contribution in [-0.2, 0) is 9.53 Å². The van der Waals surface area contributed by atoms with E-state index in [0.29, 0.717) is 49.2 Å². The number of rotatable bonds is 6.